The minimum Gasteiger partial charge on any atom is -0.398 e. The minimum atomic E-state index is 0.664. The zero-order valence-electron chi connectivity index (χ0n) is 17.9. The fraction of sp³-hybridized carbons (Fsp3) is 0.500. The second kappa shape index (κ2) is 8.76. The molecule has 0 unspecified atom stereocenters. The predicted molar refractivity (Wildman–Crippen MR) is 131 cm³/mol. The van der Waals surface area contributed by atoms with Crippen LogP contribution in [0.2, 0.25) is 10.0 Å². The van der Waals surface area contributed by atoms with Gasteiger partial charge in [-0.1, -0.05) is 23.2 Å². The third kappa shape index (κ3) is 4.04. The Morgan fingerprint density at radius 1 is 0.667 bits per heavy atom. The van der Waals surface area contributed by atoms with Crippen molar-refractivity contribution in [2.75, 3.05) is 47.4 Å². The van der Waals surface area contributed by atoms with Crippen molar-refractivity contribution in [2.24, 2.45) is 11.8 Å². The summed E-state index contributed by atoms with van der Waals surface area (Å²) in [5.74, 6) is 1.62. The summed E-state index contributed by atoms with van der Waals surface area (Å²) in [6, 6.07) is 8.10. The van der Waals surface area contributed by atoms with Crippen molar-refractivity contribution in [1.29, 1.82) is 0 Å². The fourth-order valence-electron chi connectivity index (χ4n) is 5.30. The first kappa shape index (κ1) is 21.5. The Hall–Kier alpha value is -1.78. The van der Waals surface area contributed by atoms with E-state index in [4.69, 9.17) is 34.7 Å². The van der Waals surface area contributed by atoms with Gasteiger partial charge < -0.3 is 21.3 Å². The summed E-state index contributed by atoms with van der Waals surface area (Å²) in [7, 11) is 0. The van der Waals surface area contributed by atoms with Gasteiger partial charge in [0.1, 0.15) is 0 Å². The van der Waals surface area contributed by atoms with Crippen LogP contribution in [0.15, 0.2) is 24.3 Å². The van der Waals surface area contributed by atoms with Gasteiger partial charge in [-0.15, -0.1) is 0 Å². The van der Waals surface area contributed by atoms with Crippen LogP contribution in [0.25, 0.3) is 0 Å². The Morgan fingerprint density at radius 3 is 1.33 bits per heavy atom. The average molecular weight is 447 g/mol. The highest BCUT2D eigenvalue weighted by Gasteiger charge is 2.30. The molecule has 2 aliphatic heterocycles. The maximum absolute atomic E-state index is 6.37. The van der Waals surface area contributed by atoms with Crippen LogP contribution in [-0.2, 0) is 0 Å². The van der Waals surface area contributed by atoms with Crippen molar-refractivity contribution in [3.05, 3.63) is 45.4 Å². The summed E-state index contributed by atoms with van der Waals surface area (Å²) < 4.78 is 0. The first-order valence-corrected chi connectivity index (χ1v) is 11.7. The van der Waals surface area contributed by atoms with Gasteiger partial charge >= 0.3 is 0 Å². The molecule has 6 heteroatoms. The van der Waals surface area contributed by atoms with Crippen LogP contribution in [0, 0.1) is 25.7 Å². The Bertz CT molecular complexity index is 838. The molecule has 2 saturated heterocycles. The lowest BCUT2D eigenvalue weighted by atomic mass is 9.78. The van der Waals surface area contributed by atoms with Gasteiger partial charge in [0.15, 0.2) is 0 Å². The highest BCUT2D eigenvalue weighted by Crippen LogP contribution is 2.39. The number of nitrogen functional groups attached to an aromatic ring is 2. The molecule has 4 rings (SSSR count). The lowest BCUT2D eigenvalue weighted by Crippen LogP contribution is -2.41. The van der Waals surface area contributed by atoms with Crippen molar-refractivity contribution < 1.29 is 0 Å². The van der Waals surface area contributed by atoms with Gasteiger partial charge in [0.25, 0.3) is 0 Å². The number of rotatable bonds is 3. The van der Waals surface area contributed by atoms with Crippen LogP contribution >= 0.6 is 23.2 Å². The zero-order chi connectivity index (χ0) is 21.4. The van der Waals surface area contributed by atoms with Gasteiger partial charge in [-0.3, -0.25) is 0 Å². The normalized spacial score (nSPS) is 18.8. The van der Waals surface area contributed by atoms with E-state index in [1.807, 2.05) is 12.1 Å². The second-order valence-corrected chi connectivity index (χ2v) is 9.63. The molecular weight excluding hydrogens is 415 g/mol. The lowest BCUT2D eigenvalue weighted by molar-refractivity contribution is 0.233. The standard InChI is InChI=1S/C24H32Cl2N4/c1-15-21(5-3-19(27)23(15)25)29-11-7-17(8-12-29)18-9-13-30(14-10-18)22-6-4-20(28)24(26)16(22)2/h3-6,17-18H,7-14,27-28H2,1-2H3. The molecule has 30 heavy (non-hydrogen) atoms. The van der Waals surface area contributed by atoms with Crippen molar-refractivity contribution >= 4 is 46.0 Å². The molecule has 0 aromatic heterocycles. The third-order valence-electron chi connectivity index (χ3n) is 7.20. The van der Waals surface area contributed by atoms with E-state index in [2.05, 4.69) is 35.8 Å². The molecule has 2 fully saturated rings. The lowest BCUT2D eigenvalue weighted by Gasteiger charge is -2.42. The SMILES string of the molecule is Cc1c(N2CCC(C3CCN(c4ccc(N)c(Cl)c4C)CC3)CC2)ccc(N)c1Cl. The first-order chi connectivity index (χ1) is 14.4. The number of hydrogen-bond donors (Lipinski definition) is 2. The van der Waals surface area contributed by atoms with Crippen LogP contribution in [0.5, 0.6) is 0 Å². The van der Waals surface area contributed by atoms with Crippen LogP contribution in [0.4, 0.5) is 22.7 Å². The number of halogens is 2. The average Bonchev–Trinajstić information content (AvgIpc) is 2.77. The first-order valence-electron chi connectivity index (χ1n) is 11.0. The molecule has 162 valence electrons. The number of anilines is 4. The molecule has 4 nitrogen and oxygen atoms in total. The second-order valence-electron chi connectivity index (χ2n) is 8.87. The Kier molecular flexibility index (Phi) is 6.26. The summed E-state index contributed by atoms with van der Waals surface area (Å²) in [6.45, 7) is 8.52. The van der Waals surface area contributed by atoms with E-state index in [0.29, 0.717) is 21.4 Å². The van der Waals surface area contributed by atoms with Gasteiger partial charge in [-0.05, 0) is 86.8 Å². The molecule has 2 aliphatic rings. The summed E-state index contributed by atoms with van der Waals surface area (Å²) in [4.78, 5) is 4.96. The Morgan fingerprint density at radius 2 is 1.00 bits per heavy atom. The predicted octanol–water partition coefficient (Wildman–Crippen LogP) is 5.91. The topological polar surface area (TPSA) is 58.5 Å². The summed E-state index contributed by atoms with van der Waals surface area (Å²) in [5.41, 5.74) is 17.9. The van der Waals surface area contributed by atoms with E-state index in [1.165, 1.54) is 37.1 Å². The van der Waals surface area contributed by atoms with Crippen molar-refractivity contribution in [3.8, 4) is 0 Å². The third-order valence-corrected chi connectivity index (χ3v) is 8.21. The van der Waals surface area contributed by atoms with Crippen LogP contribution in [-0.4, -0.2) is 26.2 Å². The maximum Gasteiger partial charge on any atom is 0.0685 e. The molecular formula is C24H32Cl2N4. The smallest absolute Gasteiger partial charge is 0.0685 e. The molecule has 4 N–H and O–H groups in total. The molecule has 0 bridgehead atoms. The van der Waals surface area contributed by atoms with E-state index in [9.17, 15) is 0 Å². The molecule has 2 aromatic carbocycles. The number of nitrogens with zero attached hydrogens (tertiary/aromatic N) is 2. The van der Waals surface area contributed by atoms with Gasteiger partial charge in [0.05, 0.1) is 21.4 Å². The van der Waals surface area contributed by atoms with Gasteiger partial charge in [0.2, 0.25) is 0 Å². The molecule has 0 atom stereocenters. The highest BCUT2D eigenvalue weighted by atomic mass is 35.5. The molecule has 0 amide bonds. The monoisotopic (exact) mass is 446 g/mol. The molecule has 2 heterocycles. The van der Waals surface area contributed by atoms with E-state index in [1.54, 1.807) is 0 Å². The molecule has 0 spiro atoms. The fourth-order valence-corrected chi connectivity index (χ4v) is 5.62. The van der Waals surface area contributed by atoms with Gasteiger partial charge in [-0.2, -0.15) is 0 Å². The van der Waals surface area contributed by atoms with Crippen LogP contribution in [0.1, 0.15) is 36.8 Å². The zero-order valence-corrected chi connectivity index (χ0v) is 19.4. The number of benzene rings is 2. The summed E-state index contributed by atoms with van der Waals surface area (Å²) >= 11 is 12.7. The number of nitrogens with two attached hydrogens (primary N) is 2. The van der Waals surface area contributed by atoms with Crippen molar-refractivity contribution in [1.82, 2.24) is 0 Å². The maximum atomic E-state index is 6.37. The molecule has 0 radical (unpaired) electrons. The number of hydrogen-bond acceptors (Lipinski definition) is 4. The van der Waals surface area contributed by atoms with E-state index < -0.39 is 0 Å². The van der Waals surface area contributed by atoms with Crippen LogP contribution in [0.3, 0.4) is 0 Å². The molecule has 0 saturated carbocycles. The molecule has 2 aromatic rings. The van der Waals surface area contributed by atoms with E-state index in [0.717, 1.165) is 49.1 Å². The van der Waals surface area contributed by atoms with Crippen molar-refractivity contribution in [3.63, 3.8) is 0 Å². The van der Waals surface area contributed by atoms with Crippen LogP contribution < -0.4 is 21.3 Å². The van der Waals surface area contributed by atoms with E-state index in [-0.39, 0.29) is 0 Å². The Balaban J connectivity index is 1.34. The van der Waals surface area contributed by atoms with Gasteiger partial charge in [0, 0.05) is 37.6 Å². The summed E-state index contributed by atoms with van der Waals surface area (Å²) in [5, 5.41) is 1.39. The summed E-state index contributed by atoms with van der Waals surface area (Å²) in [6.07, 6.45) is 5.00. The highest BCUT2D eigenvalue weighted by molar-refractivity contribution is 6.34. The van der Waals surface area contributed by atoms with E-state index >= 15 is 0 Å². The largest absolute Gasteiger partial charge is 0.398 e. The number of piperidine rings is 2. The minimum absolute atomic E-state index is 0.664. The van der Waals surface area contributed by atoms with Gasteiger partial charge in [-0.25, -0.2) is 0 Å². The Labute approximate surface area is 190 Å². The molecule has 0 aliphatic carbocycles. The quantitative estimate of drug-likeness (QED) is 0.575. The van der Waals surface area contributed by atoms with Crippen molar-refractivity contribution in [2.45, 2.75) is 39.5 Å².